The van der Waals surface area contributed by atoms with E-state index in [2.05, 4.69) is 4.72 Å². The molecule has 0 spiro atoms. The van der Waals surface area contributed by atoms with Gasteiger partial charge in [0.15, 0.2) is 0 Å². The van der Waals surface area contributed by atoms with E-state index in [0.717, 1.165) is 23.2 Å². The second-order valence-electron chi connectivity index (χ2n) is 5.66. The highest BCUT2D eigenvalue weighted by Crippen LogP contribution is 2.38. The maximum absolute atomic E-state index is 12.3. The maximum Gasteiger partial charge on any atom is 0.240 e. The molecule has 20 heavy (non-hydrogen) atoms. The Morgan fingerprint density at radius 3 is 2.45 bits per heavy atom. The van der Waals surface area contributed by atoms with Crippen molar-refractivity contribution < 1.29 is 13.2 Å². The van der Waals surface area contributed by atoms with Crippen LogP contribution in [0.4, 0.5) is 5.69 Å². The highest BCUT2D eigenvalue weighted by Gasteiger charge is 2.32. The van der Waals surface area contributed by atoms with Gasteiger partial charge in [0.2, 0.25) is 15.9 Å². The lowest BCUT2D eigenvalue weighted by Crippen LogP contribution is -2.33. The normalized spacial score (nSPS) is 17.8. The van der Waals surface area contributed by atoms with E-state index in [1.165, 1.54) is 0 Å². The van der Waals surface area contributed by atoms with E-state index < -0.39 is 10.0 Å². The smallest absolute Gasteiger partial charge is 0.240 e. The van der Waals surface area contributed by atoms with Crippen molar-refractivity contribution in [1.29, 1.82) is 0 Å². The highest BCUT2D eigenvalue weighted by molar-refractivity contribution is 7.89. The lowest BCUT2D eigenvalue weighted by molar-refractivity contribution is -0.118. The van der Waals surface area contributed by atoms with Crippen LogP contribution in [-0.2, 0) is 27.7 Å². The fraction of sp³-hybridized carbons (Fsp3) is 0.500. The van der Waals surface area contributed by atoms with Crippen molar-refractivity contribution in [2.75, 3.05) is 11.4 Å². The second-order valence-corrected chi connectivity index (χ2v) is 7.38. The fourth-order valence-electron chi connectivity index (χ4n) is 2.96. The number of nitrogens with zero attached hydrogens (tertiary/aromatic N) is 1. The fourth-order valence-corrected chi connectivity index (χ4v) is 4.31. The zero-order chi connectivity index (χ0) is 14.5. The molecule has 0 radical (unpaired) electrons. The van der Waals surface area contributed by atoms with Gasteiger partial charge in [-0.15, -0.1) is 0 Å². The summed E-state index contributed by atoms with van der Waals surface area (Å²) in [5, 5.41) is 0. The van der Waals surface area contributed by atoms with Crippen LogP contribution < -0.4 is 9.62 Å². The SMILES string of the molecule is CC(C)NS(=O)(=O)c1cc2c3c(c1)CCN3C(=O)CC2. The molecule has 2 aliphatic rings. The van der Waals surface area contributed by atoms with E-state index in [-0.39, 0.29) is 11.9 Å². The summed E-state index contributed by atoms with van der Waals surface area (Å²) in [5.41, 5.74) is 2.90. The monoisotopic (exact) mass is 294 g/mol. The molecule has 0 saturated heterocycles. The molecule has 1 aromatic rings. The molecule has 1 N–H and O–H groups in total. The molecule has 0 unspecified atom stereocenters. The van der Waals surface area contributed by atoms with Crippen molar-refractivity contribution in [1.82, 2.24) is 4.72 Å². The number of amides is 1. The molecule has 5 nitrogen and oxygen atoms in total. The van der Waals surface area contributed by atoms with Crippen LogP contribution in [0.1, 0.15) is 31.4 Å². The maximum atomic E-state index is 12.3. The summed E-state index contributed by atoms with van der Waals surface area (Å²) < 4.78 is 27.2. The Balaban J connectivity index is 2.08. The van der Waals surface area contributed by atoms with Gasteiger partial charge in [-0.25, -0.2) is 13.1 Å². The van der Waals surface area contributed by atoms with Crippen LogP contribution >= 0.6 is 0 Å². The van der Waals surface area contributed by atoms with Crippen LogP contribution in [0.3, 0.4) is 0 Å². The number of benzene rings is 1. The Kier molecular flexibility index (Phi) is 3.10. The first-order chi connectivity index (χ1) is 9.38. The van der Waals surface area contributed by atoms with Gasteiger partial charge in [0.25, 0.3) is 0 Å². The molecule has 1 amide bonds. The van der Waals surface area contributed by atoms with E-state index in [0.29, 0.717) is 24.3 Å². The Labute approximate surface area is 119 Å². The van der Waals surface area contributed by atoms with Gasteiger partial charge in [0.05, 0.1) is 10.6 Å². The number of sulfonamides is 1. The molecule has 108 valence electrons. The number of rotatable bonds is 3. The predicted molar refractivity (Wildman–Crippen MR) is 76.3 cm³/mol. The summed E-state index contributed by atoms with van der Waals surface area (Å²) in [6, 6.07) is 3.29. The van der Waals surface area contributed by atoms with Gasteiger partial charge in [-0.2, -0.15) is 0 Å². The summed E-state index contributed by atoms with van der Waals surface area (Å²) in [6.45, 7) is 4.27. The number of carbonyl (C=O) groups is 1. The predicted octanol–water partition coefficient (Wildman–Crippen LogP) is 1.21. The van der Waals surface area contributed by atoms with Crippen LogP contribution in [-0.4, -0.2) is 26.9 Å². The van der Waals surface area contributed by atoms with Crippen molar-refractivity contribution >= 4 is 21.6 Å². The van der Waals surface area contributed by atoms with Crippen LogP contribution in [0.15, 0.2) is 17.0 Å². The summed E-state index contributed by atoms with van der Waals surface area (Å²) in [7, 11) is -3.47. The minimum Gasteiger partial charge on any atom is -0.312 e. The zero-order valence-electron chi connectivity index (χ0n) is 11.6. The number of nitrogens with one attached hydrogen (secondary N) is 1. The third kappa shape index (κ3) is 2.13. The standard InChI is InChI=1S/C14H18N2O3S/c1-9(2)15-20(18,19)12-7-10-3-4-13(17)16-6-5-11(8-12)14(10)16/h7-9,15H,3-6H2,1-2H3. The Bertz CT molecular complexity index is 680. The van der Waals surface area contributed by atoms with Crippen LogP contribution in [0, 0.1) is 0 Å². The lowest BCUT2D eigenvalue weighted by atomic mass is 10.00. The third-order valence-corrected chi connectivity index (χ3v) is 5.36. The number of hydrogen-bond acceptors (Lipinski definition) is 3. The summed E-state index contributed by atoms with van der Waals surface area (Å²) >= 11 is 0. The molecule has 2 heterocycles. The van der Waals surface area contributed by atoms with Crippen LogP contribution in [0.5, 0.6) is 0 Å². The van der Waals surface area contributed by atoms with Gasteiger partial charge in [-0.3, -0.25) is 4.79 Å². The van der Waals surface area contributed by atoms with Gasteiger partial charge in [-0.05, 0) is 49.9 Å². The molecule has 3 rings (SSSR count). The largest absolute Gasteiger partial charge is 0.312 e. The molecule has 0 bridgehead atoms. The quantitative estimate of drug-likeness (QED) is 0.911. The molecule has 0 atom stereocenters. The third-order valence-electron chi connectivity index (χ3n) is 3.73. The Hall–Kier alpha value is -1.40. The Morgan fingerprint density at radius 2 is 1.80 bits per heavy atom. The topological polar surface area (TPSA) is 66.5 Å². The van der Waals surface area contributed by atoms with Gasteiger partial charge >= 0.3 is 0 Å². The zero-order valence-corrected chi connectivity index (χ0v) is 12.5. The number of aryl methyl sites for hydroxylation is 1. The lowest BCUT2D eigenvalue weighted by Gasteiger charge is -2.25. The van der Waals surface area contributed by atoms with Crippen molar-refractivity contribution in [3.63, 3.8) is 0 Å². The molecule has 1 aromatic carbocycles. The molecular weight excluding hydrogens is 276 g/mol. The molecule has 0 saturated carbocycles. The Morgan fingerprint density at radius 1 is 1.15 bits per heavy atom. The summed E-state index contributed by atoms with van der Waals surface area (Å²) in [4.78, 5) is 14.0. The van der Waals surface area contributed by atoms with E-state index >= 15 is 0 Å². The van der Waals surface area contributed by atoms with Gasteiger partial charge in [0.1, 0.15) is 0 Å². The van der Waals surface area contributed by atoms with E-state index in [4.69, 9.17) is 0 Å². The van der Waals surface area contributed by atoms with Crippen molar-refractivity contribution in [2.24, 2.45) is 0 Å². The summed E-state index contributed by atoms with van der Waals surface area (Å²) in [5.74, 6) is 0.146. The molecule has 0 aliphatic carbocycles. The number of anilines is 1. The van der Waals surface area contributed by atoms with Crippen molar-refractivity contribution in [3.8, 4) is 0 Å². The second kappa shape index (κ2) is 4.56. The average molecular weight is 294 g/mol. The first-order valence-corrected chi connectivity index (χ1v) is 8.35. The molecule has 6 heteroatoms. The van der Waals surface area contributed by atoms with E-state index in [1.54, 1.807) is 30.9 Å². The first-order valence-electron chi connectivity index (χ1n) is 6.87. The summed E-state index contributed by atoms with van der Waals surface area (Å²) in [6.07, 6.45) is 1.83. The minimum atomic E-state index is -3.47. The van der Waals surface area contributed by atoms with Crippen LogP contribution in [0.25, 0.3) is 0 Å². The molecule has 0 fully saturated rings. The van der Waals surface area contributed by atoms with Crippen molar-refractivity contribution in [2.45, 2.75) is 44.0 Å². The number of hydrogen-bond donors (Lipinski definition) is 1. The van der Waals surface area contributed by atoms with Crippen LogP contribution in [0.2, 0.25) is 0 Å². The van der Waals surface area contributed by atoms with E-state index in [1.807, 2.05) is 0 Å². The van der Waals surface area contributed by atoms with E-state index in [9.17, 15) is 13.2 Å². The minimum absolute atomic E-state index is 0.136. The molecule has 2 aliphatic heterocycles. The van der Waals surface area contributed by atoms with Crippen molar-refractivity contribution in [3.05, 3.63) is 23.3 Å². The highest BCUT2D eigenvalue weighted by atomic mass is 32.2. The van der Waals surface area contributed by atoms with Gasteiger partial charge in [0, 0.05) is 19.0 Å². The van der Waals surface area contributed by atoms with Gasteiger partial charge < -0.3 is 4.90 Å². The van der Waals surface area contributed by atoms with Gasteiger partial charge in [-0.1, -0.05) is 0 Å². The first kappa shape index (κ1) is 13.6. The number of carbonyl (C=O) groups excluding carboxylic acids is 1. The molecule has 0 aromatic heterocycles. The molecular formula is C14H18N2O3S. The average Bonchev–Trinajstić information content (AvgIpc) is 2.77.